The SMILES string of the molecule is O=C(O)c1ccccc1Nc1ccnc(Nc2ccc(Oc3ccccc3)cc2)n1. The van der Waals surface area contributed by atoms with Crippen LogP contribution in [-0.2, 0) is 0 Å². The summed E-state index contributed by atoms with van der Waals surface area (Å²) in [6.07, 6.45) is 1.59. The number of carboxylic acid groups (broad SMARTS) is 1. The number of hydrogen-bond acceptors (Lipinski definition) is 6. The average molecular weight is 398 g/mol. The van der Waals surface area contributed by atoms with Crippen molar-refractivity contribution >= 4 is 29.1 Å². The van der Waals surface area contributed by atoms with E-state index >= 15 is 0 Å². The number of aromatic carboxylic acids is 1. The van der Waals surface area contributed by atoms with E-state index in [9.17, 15) is 9.90 Å². The van der Waals surface area contributed by atoms with Crippen molar-refractivity contribution in [1.29, 1.82) is 0 Å². The van der Waals surface area contributed by atoms with Gasteiger partial charge in [-0.15, -0.1) is 0 Å². The Kier molecular flexibility index (Phi) is 5.52. The van der Waals surface area contributed by atoms with E-state index in [0.717, 1.165) is 11.4 Å². The number of nitrogens with one attached hydrogen (secondary N) is 2. The van der Waals surface area contributed by atoms with Gasteiger partial charge in [-0.3, -0.25) is 0 Å². The summed E-state index contributed by atoms with van der Waals surface area (Å²) in [6.45, 7) is 0. The zero-order valence-electron chi connectivity index (χ0n) is 15.8. The minimum Gasteiger partial charge on any atom is -0.478 e. The van der Waals surface area contributed by atoms with E-state index in [1.165, 1.54) is 6.07 Å². The van der Waals surface area contributed by atoms with Gasteiger partial charge in [-0.2, -0.15) is 4.98 Å². The van der Waals surface area contributed by atoms with Crippen LogP contribution in [0, 0.1) is 0 Å². The minimum atomic E-state index is -1.01. The first-order valence-electron chi connectivity index (χ1n) is 9.20. The molecule has 0 atom stereocenters. The van der Waals surface area contributed by atoms with Gasteiger partial charge in [0.15, 0.2) is 0 Å². The molecule has 0 spiro atoms. The van der Waals surface area contributed by atoms with Gasteiger partial charge in [-0.05, 0) is 54.6 Å². The number of carboxylic acids is 1. The molecule has 0 unspecified atom stereocenters. The molecule has 148 valence electrons. The molecule has 0 fully saturated rings. The lowest BCUT2D eigenvalue weighted by Crippen LogP contribution is -2.04. The molecule has 3 N–H and O–H groups in total. The maximum absolute atomic E-state index is 11.4. The summed E-state index contributed by atoms with van der Waals surface area (Å²) in [7, 11) is 0. The van der Waals surface area contributed by atoms with Crippen molar-refractivity contribution in [3.8, 4) is 11.5 Å². The molecule has 4 aromatic rings. The van der Waals surface area contributed by atoms with Crippen LogP contribution in [0.25, 0.3) is 0 Å². The fraction of sp³-hybridized carbons (Fsp3) is 0. The zero-order valence-corrected chi connectivity index (χ0v) is 15.8. The number of ether oxygens (including phenoxy) is 1. The maximum atomic E-state index is 11.4. The maximum Gasteiger partial charge on any atom is 0.337 e. The highest BCUT2D eigenvalue weighted by atomic mass is 16.5. The van der Waals surface area contributed by atoms with Crippen LogP contribution < -0.4 is 15.4 Å². The molecule has 0 aliphatic rings. The first-order chi connectivity index (χ1) is 14.7. The number of nitrogens with zero attached hydrogens (tertiary/aromatic N) is 2. The summed E-state index contributed by atoms with van der Waals surface area (Å²) in [5.74, 6) is 1.33. The van der Waals surface area contributed by atoms with Gasteiger partial charge in [0.1, 0.15) is 17.3 Å². The van der Waals surface area contributed by atoms with Crippen LogP contribution in [0.1, 0.15) is 10.4 Å². The second kappa shape index (κ2) is 8.74. The van der Waals surface area contributed by atoms with Gasteiger partial charge in [-0.1, -0.05) is 30.3 Å². The first-order valence-corrected chi connectivity index (χ1v) is 9.20. The Morgan fingerprint density at radius 2 is 1.50 bits per heavy atom. The molecule has 0 bridgehead atoms. The molecule has 7 nitrogen and oxygen atoms in total. The lowest BCUT2D eigenvalue weighted by Gasteiger charge is -2.11. The van der Waals surface area contributed by atoms with Crippen LogP contribution in [0.4, 0.5) is 23.1 Å². The van der Waals surface area contributed by atoms with E-state index < -0.39 is 5.97 Å². The predicted molar refractivity (Wildman–Crippen MR) is 115 cm³/mol. The number of aromatic nitrogens is 2. The minimum absolute atomic E-state index is 0.166. The third kappa shape index (κ3) is 4.71. The van der Waals surface area contributed by atoms with E-state index in [0.29, 0.717) is 23.2 Å². The number of anilines is 4. The molecule has 30 heavy (non-hydrogen) atoms. The van der Waals surface area contributed by atoms with E-state index in [2.05, 4.69) is 20.6 Å². The van der Waals surface area contributed by atoms with Crippen LogP contribution in [0.2, 0.25) is 0 Å². The van der Waals surface area contributed by atoms with Gasteiger partial charge >= 0.3 is 5.97 Å². The summed E-state index contributed by atoms with van der Waals surface area (Å²) in [5.41, 5.74) is 1.41. The summed E-state index contributed by atoms with van der Waals surface area (Å²) in [5, 5.41) is 15.5. The number of benzene rings is 3. The Bertz CT molecular complexity index is 1150. The van der Waals surface area contributed by atoms with Crippen molar-refractivity contribution in [2.45, 2.75) is 0 Å². The van der Waals surface area contributed by atoms with E-state index in [-0.39, 0.29) is 5.56 Å². The molecule has 0 saturated heterocycles. The third-order valence-electron chi connectivity index (χ3n) is 4.17. The standard InChI is InChI=1S/C23H18N4O3/c28-22(29)19-8-4-5-9-20(19)26-21-14-15-24-23(27-21)25-16-10-12-18(13-11-16)30-17-6-2-1-3-7-17/h1-15H,(H,28,29)(H2,24,25,26,27). The second-order valence-corrected chi connectivity index (χ2v) is 6.31. The first kappa shape index (κ1) is 18.9. The second-order valence-electron chi connectivity index (χ2n) is 6.31. The Balaban J connectivity index is 1.45. The highest BCUT2D eigenvalue weighted by molar-refractivity contribution is 5.95. The van der Waals surface area contributed by atoms with E-state index in [1.807, 2.05) is 54.6 Å². The molecule has 4 rings (SSSR count). The topological polar surface area (TPSA) is 96.4 Å². The van der Waals surface area contributed by atoms with Crippen molar-refractivity contribution in [1.82, 2.24) is 9.97 Å². The molecule has 0 aliphatic carbocycles. The fourth-order valence-electron chi connectivity index (χ4n) is 2.77. The Morgan fingerprint density at radius 3 is 2.27 bits per heavy atom. The highest BCUT2D eigenvalue weighted by Crippen LogP contribution is 2.24. The molecular formula is C23H18N4O3. The van der Waals surface area contributed by atoms with Crippen molar-refractivity contribution in [2.75, 3.05) is 10.6 Å². The van der Waals surface area contributed by atoms with Gasteiger partial charge in [0.05, 0.1) is 11.3 Å². The lowest BCUT2D eigenvalue weighted by atomic mass is 10.2. The van der Waals surface area contributed by atoms with Crippen LogP contribution in [-0.4, -0.2) is 21.0 Å². The fourth-order valence-corrected chi connectivity index (χ4v) is 2.77. The smallest absolute Gasteiger partial charge is 0.337 e. The summed E-state index contributed by atoms with van der Waals surface area (Å²) >= 11 is 0. The van der Waals surface area contributed by atoms with Gasteiger partial charge in [0.25, 0.3) is 0 Å². The van der Waals surface area contributed by atoms with Crippen LogP contribution in [0.15, 0.2) is 91.1 Å². The number of carbonyl (C=O) groups is 1. The zero-order chi connectivity index (χ0) is 20.8. The van der Waals surface area contributed by atoms with Crippen molar-refractivity contribution in [2.24, 2.45) is 0 Å². The van der Waals surface area contributed by atoms with Crippen LogP contribution >= 0.6 is 0 Å². The van der Waals surface area contributed by atoms with Gasteiger partial charge in [0.2, 0.25) is 5.95 Å². The Hall–Kier alpha value is -4.39. The van der Waals surface area contributed by atoms with E-state index in [4.69, 9.17) is 4.74 Å². The van der Waals surface area contributed by atoms with Crippen LogP contribution in [0.5, 0.6) is 11.5 Å². The molecule has 0 aliphatic heterocycles. The van der Waals surface area contributed by atoms with Gasteiger partial charge in [-0.25, -0.2) is 9.78 Å². The number of rotatable bonds is 7. The largest absolute Gasteiger partial charge is 0.478 e. The summed E-state index contributed by atoms with van der Waals surface area (Å²) in [4.78, 5) is 20.0. The van der Waals surface area contributed by atoms with Gasteiger partial charge < -0.3 is 20.5 Å². The number of hydrogen-bond donors (Lipinski definition) is 3. The van der Waals surface area contributed by atoms with E-state index in [1.54, 1.807) is 30.5 Å². The van der Waals surface area contributed by atoms with Crippen LogP contribution in [0.3, 0.4) is 0 Å². The quantitative estimate of drug-likeness (QED) is 0.381. The third-order valence-corrected chi connectivity index (χ3v) is 4.17. The molecule has 3 aromatic carbocycles. The molecule has 1 heterocycles. The molecule has 0 saturated carbocycles. The van der Waals surface area contributed by atoms with Crippen molar-refractivity contribution < 1.29 is 14.6 Å². The summed E-state index contributed by atoms with van der Waals surface area (Å²) in [6, 6.07) is 25.3. The normalized spacial score (nSPS) is 10.3. The summed E-state index contributed by atoms with van der Waals surface area (Å²) < 4.78 is 5.78. The molecule has 0 amide bonds. The van der Waals surface area contributed by atoms with Crippen molar-refractivity contribution in [3.63, 3.8) is 0 Å². The molecule has 7 heteroatoms. The Morgan fingerprint density at radius 1 is 0.800 bits per heavy atom. The van der Waals surface area contributed by atoms with Crippen molar-refractivity contribution in [3.05, 3.63) is 96.7 Å². The molecular weight excluding hydrogens is 380 g/mol. The average Bonchev–Trinajstić information content (AvgIpc) is 2.76. The monoisotopic (exact) mass is 398 g/mol. The molecule has 0 radical (unpaired) electrons. The number of para-hydroxylation sites is 2. The Labute approximate surface area is 173 Å². The molecule has 1 aromatic heterocycles. The highest BCUT2D eigenvalue weighted by Gasteiger charge is 2.10. The van der Waals surface area contributed by atoms with Gasteiger partial charge in [0, 0.05) is 11.9 Å². The predicted octanol–water partition coefficient (Wildman–Crippen LogP) is 5.45. The lowest BCUT2D eigenvalue weighted by molar-refractivity contribution is 0.0698.